The fourth-order valence-corrected chi connectivity index (χ4v) is 2.79. The van der Waals surface area contributed by atoms with Gasteiger partial charge in [-0.3, -0.25) is 9.59 Å². The molecule has 0 aliphatic carbocycles. The Hall–Kier alpha value is -3.42. The van der Waals surface area contributed by atoms with Crippen LogP contribution in [-0.2, 0) is 20.7 Å². The van der Waals surface area contributed by atoms with Gasteiger partial charge in [-0.25, -0.2) is 0 Å². The SMILES string of the molecule is COc1cc(CC(COC(C)=O)Oc2c(OC)cccc2OC)ccc1OC(C)=O. The summed E-state index contributed by atoms with van der Waals surface area (Å²) in [5, 5.41) is 0. The number of carbonyl (C=O) groups is 2. The summed E-state index contributed by atoms with van der Waals surface area (Å²) in [5.74, 6) is 1.25. The molecule has 0 amide bonds. The van der Waals surface area contributed by atoms with Gasteiger partial charge in [-0.1, -0.05) is 12.1 Å². The third-order valence-corrected chi connectivity index (χ3v) is 4.08. The van der Waals surface area contributed by atoms with Crippen LogP contribution < -0.4 is 23.7 Å². The molecule has 1 unspecified atom stereocenters. The molecule has 0 aromatic heterocycles. The van der Waals surface area contributed by atoms with E-state index < -0.39 is 18.0 Å². The molecular weight excluding hydrogens is 392 g/mol. The summed E-state index contributed by atoms with van der Waals surface area (Å²) < 4.78 is 32.5. The normalized spacial score (nSPS) is 11.2. The highest BCUT2D eigenvalue weighted by Crippen LogP contribution is 2.38. The average molecular weight is 418 g/mol. The Morgan fingerprint density at radius 3 is 2.00 bits per heavy atom. The van der Waals surface area contributed by atoms with Gasteiger partial charge in [0.2, 0.25) is 5.75 Å². The highest BCUT2D eigenvalue weighted by Gasteiger charge is 2.20. The van der Waals surface area contributed by atoms with Gasteiger partial charge in [0.15, 0.2) is 23.0 Å². The van der Waals surface area contributed by atoms with Crippen LogP contribution in [0.3, 0.4) is 0 Å². The monoisotopic (exact) mass is 418 g/mol. The van der Waals surface area contributed by atoms with Crippen LogP contribution in [0.15, 0.2) is 36.4 Å². The molecule has 1 atom stereocenters. The van der Waals surface area contributed by atoms with Gasteiger partial charge in [0.1, 0.15) is 12.7 Å². The standard InChI is InChI=1S/C22H26O8/c1-14(23)28-13-17(30-22-19(25-3)7-6-8-20(22)26-4)11-16-9-10-18(29-15(2)24)21(12-16)27-5/h6-10,12,17H,11,13H2,1-5H3. The summed E-state index contributed by atoms with van der Waals surface area (Å²) in [6.45, 7) is 2.67. The zero-order valence-electron chi connectivity index (χ0n) is 17.7. The number of para-hydroxylation sites is 1. The van der Waals surface area contributed by atoms with Gasteiger partial charge in [-0.15, -0.1) is 0 Å². The molecule has 0 aliphatic rings. The van der Waals surface area contributed by atoms with Crippen molar-refractivity contribution in [3.8, 4) is 28.7 Å². The summed E-state index contributed by atoms with van der Waals surface area (Å²) in [6, 6.07) is 10.4. The number of hydrogen-bond donors (Lipinski definition) is 0. The molecule has 2 aromatic carbocycles. The predicted octanol–water partition coefficient (Wildman–Crippen LogP) is 3.19. The van der Waals surface area contributed by atoms with Crippen LogP contribution in [0.1, 0.15) is 19.4 Å². The summed E-state index contributed by atoms with van der Waals surface area (Å²) in [7, 11) is 4.54. The predicted molar refractivity (Wildman–Crippen MR) is 109 cm³/mol. The summed E-state index contributed by atoms with van der Waals surface area (Å²) in [5.41, 5.74) is 0.828. The van der Waals surface area contributed by atoms with Crippen LogP contribution in [0.5, 0.6) is 28.7 Å². The van der Waals surface area contributed by atoms with Crippen molar-refractivity contribution in [2.45, 2.75) is 26.4 Å². The number of ether oxygens (including phenoxy) is 6. The Morgan fingerprint density at radius 2 is 1.47 bits per heavy atom. The molecule has 0 N–H and O–H groups in total. The quantitative estimate of drug-likeness (QED) is 0.429. The van der Waals surface area contributed by atoms with Gasteiger partial charge in [0.25, 0.3) is 0 Å². The summed E-state index contributed by atoms with van der Waals surface area (Å²) >= 11 is 0. The Bertz CT molecular complexity index is 855. The van der Waals surface area contributed by atoms with Crippen LogP contribution in [0, 0.1) is 0 Å². The first kappa shape index (κ1) is 22.9. The maximum atomic E-state index is 11.4. The third kappa shape index (κ3) is 6.30. The molecule has 2 aromatic rings. The van der Waals surface area contributed by atoms with Crippen molar-refractivity contribution in [3.63, 3.8) is 0 Å². The van der Waals surface area contributed by atoms with E-state index in [2.05, 4.69) is 0 Å². The number of rotatable bonds is 10. The largest absolute Gasteiger partial charge is 0.493 e. The van der Waals surface area contributed by atoms with Crippen molar-refractivity contribution >= 4 is 11.9 Å². The van der Waals surface area contributed by atoms with Crippen molar-refractivity contribution in [3.05, 3.63) is 42.0 Å². The average Bonchev–Trinajstić information content (AvgIpc) is 2.72. The van der Waals surface area contributed by atoms with Crippen molar-refractivity contribution in [2.24, 2.45) is 0 Å². The molecule has 0 aliphatic heterocycles. The minimum atomic E-state index is -0.539. The topological polar surface area (TPSA) is 89.5 Å². The second-order valence-corrected chi connectivity index (χ2v) is 6.32. The lowest BCUT2D eigenvalue weighted by Crippen LogP contribution is -2.27. The molecule has 0 radical (unpaired) electrons. The second kappa shape index (κ2) is 10.9. The molecule has 162 valence electrons. The van der Waals surface area contributed by atoms with E-state index in [-0.39, 0.29) is 6.61 Å². The van der Waals surface area contributed by atoms with Gasteiger partial charge in [-0.2, -0.15) is 0 Å². The molecule has 30 heavy (non-hydrogen) atoms. The van der Waals surface area contributed by atoms with Crippen LogP contribution in [0.25, 0.3) is 0 Å². The number of methoxy groups -OCH3 is 3. The Kier molecular flexibility index (Phi) is 8.34. The zero-order chi connectivity index (χ0) is 22.1. The van der Waals surface area contributed by atoms with Gasteiger partial charge < -0.3 is 28.4 Å². The number of hydrogen-bond acceptors (Lipinski definition) is 8. The van der Waals surface area contributed by atoms with Crippen molar-refractivity contribution in [1.82, 2.24) is 0 Å². The summed E-state index contributed by atoms with van der Waals surface area (Å²) in [4.78, 5) is 22.6. The lowest BCUT2D eigenvalue weighted by molar-refractivity contribution is -0.143. The number of esters is 2. The van der Waals surface area contributed by atoms with E-state index >= 15 is 0 Å². The van der Waals surface area contributed by atoms with Gasteiger partial charge in [-0.05, 0) is 29.8 Å². The minimum absolute atomic E-state index is 0.0184. The van der Waals surface area contributed by atoms with Gasteiger partial charge in [0.05, 0.1) is 21.3 Å². The molecule has 0 fully saturated rings. The molecule has 0 bridgehead atoms. The minimum Gasteiger partial charge on any atom is -0.493 e. The van der Waals surface area contributed by atoms with Crippen molar-refractivity contribution < 1.29 is 38.0 Å². The molecule has 0 heterocycles. The van der Waals surface area contributed by atoms with E-state index in [1.807, 2.05) is 0 Å². The first-order valence-electron chi connectivity index (χ1n) is 9.24. The molecule has 0 saturated heterocycles. The molecule has 8 heteroatoms. The van der Waals surface area contributed by atoms with Crippen molar-refractivity contribution in [1.29, 1.82) is 0 Å². The van der Waals surface area contributed by atoms with Gasteiger partial charge >= 0.3 is 11.9 Å². The first-order chi connectivity index (χ1) is 14.4. The smallest absolute Gasteiger partial charge is 0.308 e. The van der Waals surface area contributed by atoms with E-state index in [0.717, 1.165) is 5.56 Å². The zero-order valence-corrected chi connectivity index (χ0v) is 17.7. The maximum Gasteiger partial charge on any atom is 0.308 e. The molecule has 2 rings (SSSR count). The Labute approximate surface area is 175 Å². The third-order valence-electron chi connectivity index (χ3n) is 4.08. The molecule has 0 spiro atoms. The second-order valence-electron chi connectivity index (χ2n) is 6.32. The van der Waals surface area contributed by atoms with E-state index in [0.29, 0.717) is 35.2 Å². The fraction of sp³-hybridized carbons (Fsp3) is 0.364. The van der Waals surface area contributed by atoms with Crippen molar-refractivity contribution in [2.75, 3.05) is 27.9 Å². The van der Waals surface area contributed by atoms with Crippen LogP contribution in [0.4, 0.5) is 0 Å². The molecule has 8 nitrogen and oxygen atoms in total. The van der Waals surface area contributed by atoms with Crippen LogP contribution in [-0.4, -0.2) is 46.0 Å². The van der Waals surface area contributed by atoms with Gasteiger partial charge in [0, 0.05) is 20.3 Å². The lowest BCUT2D eigenvalue weighted by atomic mass is 10.1. The molecule has 0 saturated carbocycles. The number of benzene rings is 2. The van der Waals surface area contributed by atoms with E-state index in [1.54, 1.807) is 36.4 Å². The van der Waals surface area contributed by atoms with E-state index in [9.17, 15) is 9.59 Å². The highest BCUT2D eigenvalue weighted by atomic mass is 16.6. The van der Waals surface area contributed by atoms with E-state index in [1.165, 1.54) is 35.2 Å². The first-order valence-corrected chi connectivity index (χ1v) is 9.24. The molecular formula is C22H26O8. The maximum absolute atomic E-state index is 11.4. The number of carbonyl (C=O) groups excluding carboxylic acids is 2. The van der Waals surface area contributed by atoms with Crippen LogP contribution in [0.2, 0.25) is 0 Å². The Morgan fingerprint density at radius 1 is 0.833 bits per heavy atom. The fourth-order valence-electron chi connectivity index (χ4n) is 2.79. The van der Waals surface area contributed by atoms with Crippen LogP contribution >= 0.6 is 0 Å². The highest BCUT2D eigenvalue weighted by molar-refractivity contribution is 5.70. The summed E-state index contributed by atoms with van der Waals surface area (Å²) in [6.07, 6.45) is -0.158. The Balaban J connectivity index is 2.30. The lowest BCUT2D eigenvalue weighted by Gasteiger charge is -2.22. The van der Waals surface area contributed by atoms with E-state index in [4.69, 9.17) is 28.4 Å².